The fraction of sp³-hybridized carbons (Fsp3) is 0.160. The summed E-state index contributed by atoms with van der Waals surface area (Å²) in [5.74, 6) is -0.428. The van der Waals surface area contributed by atoms with Crippen LogP contribution in [-0.2, 0) is 4.79 Å². The lowest BCUT2D eigenvalue weighted by molar-refractivity contribution is -0.384. The van der Waals surface area contributed by atoms with Gasteiger partial charge in [0.15, 0.2) is 5.78 Å². The zero-order valence-electron chi connectivity index (χ0n) is 17.0. The Morgan fingerprint density at radius 3 is 2.41 bits per heavy atom. The van der Waals surface area contributed by atoms with Gasteiger partial charge in [-0.05, 0) is 47.7 Å². The largest absolute Gasteiger partial charge is 0.372 e. The second-order valence-electron chi connectivity index (χ2n) is 8.07. The number of non-ortho nitro benzene ring substituents is 1. The van der Waals surface area contributed by atoms with E-state index in [0.29, 0.717) is 17.6 Å². The van der Waals surface area contributed by atoms with Crippen molar-refractivity contribution in [3.63, 3.8) is 0 Å². The maximum atomic E-state index is 13.4. The second kappa shape index (κ2) is 7.92. The third kappa shape index (κ3) is 3.62. The molecule has 1 heterocycles. The molecule has 0 amide bonds. The van der Waals surface area contributed by atoms with Crippen LogP contribution in [0.4, 0.5) is 21.5 Å². The normalized spacial score (nSPS) is 19.8. The van der Waals surface area contributed by atoms with Gasteiger partial charge in [-0.15, -0.1) is 0 Å². The molecule has 160 valence electrons. The first-order valence-electron chi connectivity index (χ1n) is 10.4. The van der Waals surface area contributed by atoms with Crippen LogP contribution < -0.4 is 10.6 Å². The smallest absolute Gasteiger partial charge is 0.269 e. The molecule has 0 saturated carbocycles. The van der Waals surface area contributed by atoms with Gasteiger partial charge in [0.1, 0.15) is 5.82 Å². The van der Waals surface area contributed by atoms with Crippen molar-refractivity contribution < 1.29 is 14.1 Å². The number of para-hydroxylation sites is 2. The molecular weight excluding hydrogens is 409 g/mol. The monoisotopic (exact) mass is 429 g/mol. The van der Waals surface area contributed by atoms with Gasteiger partial charge in [-0.25, -0.2) is 4.39 Å². The highest BCUT2D eigenvalue weighted by molar-refractivity contribution is 6.01. The van der Waals surface area contributed by atoms with E-state index in [1.165, 1.54) is 24.3 Å². The zero-order valence-corrected chi connectivity index (χ0v) is 17.0. The molecule has 0 spiro atoms. The van der Waals surface area contributed by atoms with E-state index in [0.717, 1.165) is 22.6 Å². The van der Waals surface area contributed by atoms with Gasteiger partial charge in [-0.1, -0.05) is 36.4 Å². The molecule has 3 aromatic carbocycles. The summed E-state index contributed by atoms with van der Waals surface area (Å²) < 4.78 is 13.4. The number of benzene rings is 3. The summed E-state index contributed by atoms with van der Waals surface area (Å²) in [5.41, 5.74) is 4.54. The Hall–Kier alpha value is -4.00. The molecular formula is C25H20FN3O3. The van der Waals surface area contributed by atoms with Gasteiger partial charge < -0.3 is 10.6 Å². The average Bonchev–Trinajstić information content (AvgIpc) is 2.96. The molecule has 0 radical (unpaired) electrons. The lowest BCUT2D eigenvalue weighted by Gasteiger charge is -2.30. The molecule has 5 rings (SSSR count). The predicted molar refractivity (Wildman–Crippen MR) is 120 cm³/mol. The number of anilines is 2. The summed E-state index contributed by atoms with van der Waals surface area (Å²) in [7, 11) is 0. The van der Waals surface area contributed by atoms with Crippen LogP contribution >= 0.6 is 0 Å². The lowest BCUT2D eigenvalue weighted by atomic mass is 9.78. The van der Waals surface area contributed by atoms with E-state index in [9.17, 15) is 19.3 Å². The van der Waals surface area contributed by atoms with Crippen LogP contribution in [0.5, 0.6) is 0 Å². The number of rotatable bonds is 3. The molecule has 0 bridgehead atoms. The second-order valence-corrected chi connectivity index (χ2v) is 8.07. The Kier molecular flexibility index (Phi) is 4.93. The van der Waals surface area contributed by atoms with E-state index in [1.54, 1.807) is 24.3 Å². The number of nitrogens with zero attached hydrogens (tertiary/aromatic N) is 1. The molecule has 2 atom stereocenters. The number of Topliss-reactive ketones (excluding diaryl/α,β-unsaturated/α-hetero) is 1. The standard InChI is InChI=1S/C25H20FN3O3/c26-18-10-8-15(9-11-18)17-13-22-24(23(30)14-17)25(16-4-3-5-19(12-16)29(31)32)28-21-7-2-1-6-20(21)27-22/h1-12,17,25,27-28H,13-14H2. The number of hydrogen-bond acceptors (Lipinski definition) is 5. The van der Waals surface area contributed by atoms with Gasteiger partial charge in [-0.3, -0.25) is 14.9 Å². The molecule has 0 aromatic heterocycles. The molecule has 1 aliphatic heterocycles. The molecule has 7 heteroatoms. The van der Waals surface area contributed by atoms with Crippen molar-refractivity contribution in [2.24, 2.45) is 0 Å². The van der Waals surface area contributed by atoms with Crippen LogP contribution in [0.15, 0.2) is 84.1 Å². The van der Waals surface area contributed by atoms with Gasteiger partial charge in [0, 0.05) is 29.8 Å². The van der Waals surface area contributed by atoms with Crippen molar-refractivity contribution in [1.29, 1.82) is 0 Å². The van der Waals surface area contributed by atoms with Crippen LogP contribution in [-0.4, -0.2) is 10.7 Å². The Balaban J connectivity index is 1.61. The maximum absolute atomic E-state index is 13.4. The fourth-order valence-electron chi connectivity index (χ4n) is 4.53. The Labute approximate surface area is 183 Å². The van der Waals surface area contributed by atoms with E-state index in [4.69, 9.17) is 0 Å². The van der Waals surface area contributed by atoms with Crippen LogP contribution in [0, 0.1) is 15.9 Å². The Morgan fingerprint density at radius 1 is 0.906 bits per heavy atom. The number of fused-ring (bicyclic) bond motifs is 1. The van der Waals surface area contributed by atoms with E-state index in [1.807, 2.05) is 24.3 Å². The van der Waals surface area contributed by atoms with E-state index in [-0.39, 0.29) is 29.6 Å². The van der Waals surface area contributed by atoms with E-state index in [2.05, 4.69) is 10.6 Å². The van der Waals surface area contributed by atoms with Crippen molar-refractivity contribution in [1.82, 2.24) is 0 Å². The third-order valence-corrected chi connectivity index (χ3v) is 6.06. The van der Waals surface area contributed by atoms with Crippen LogP contribution in [0.3, 0.4) is 0 Å². The first-order valence-corrected chi connectivity index (χ1v) is 10.4. The fourth-order valence-corrected chi connectivity index (χ4v) is 4.53. The molecule has 1 aliphatic carbocycles. The summed E-state index contributed by atoms with van der Waals surface area (Å²) in [5, 5.41) is 18.2. The number of nitro benzene ring substituents is 1. The highest BCUT2D eigenvalue weighted by Crippen LogP contribution is 2.44. The minimum atomic E-state index is -0.525. The van der Waals surface area contributed by atoms with Crippen molar-refractivity contribution in [3.05, 3.63) is 111 Å². The Morgan fingerprint density at radius 2 is 1.66 bits per heavy atom. The number of ketones is 1. The Bertz CT molecular complexity index is 1250. The third-order valence-electron chi connectivity index (χ3n) is 6.06. The highest BCUT2D eigenvalue weighted by atomic mass is 19.1. The predicted octanol–water partition coefficient (Wildman–Crippen LogP) is 5.71. The van der Waals surface area contributed by atoms with Gasteiger partial charge in [0.2, 0.25) is 0 Å². The number of halogens is 1. The number of nitrogens with one attached hydrogen (secondary N) is 2. The molecule has 0 saturated heterocycles. The van der Waals surface area contributed by atoms with Gasteiger partial charge in [0.25, 0.3) is 5.69 Å². The SMILES string of the molecule is O=C1CC(c2ccc(F)cc2)CC2=C1C(c1cccc([N+](=O)[O-])c1)Nc1ccccc1N2. The summed E-state index contributed by atoms with van der Waals surface area (Å²) in [6.45, 7) is 0. The maximum Gasteiger partial charge on any atom is 0.269 e. The van der Waals surface area contributed by atoms with Gasteiger partial charge in [0.05, 0.1) is 22.3 Å². The van der Waals surface area contributed by atoms with Crippen LogP contribution in [0.2, 0.25) is 0 Å². The molecule has 3 aromatic rings. The van der Waals surface area contributed by atoms with Crippen molar-refractivity contribution in [3.8, 4) is 0 Å². The number of nitro groups is 1. The van der Waals surface area contributed by atoms with Gasteiger partial charge >= 0.3 is 0 Å². The average molecular weight is 429 g/mol. The minimum Gasteiger partial charge on any atom is -0.372 e. The number of hydrogen-bond donors (Lipinski definition) is 2. The van der Waals surface area contributed by atoms with E-state index >= 15 is 0 Å². The molecule has 0 fully saturated rings. The number of carbonyl (C=O) groups is 1. The highest BCUT2D eigenvalue weighted by Gasteiger charge is 2.36. The number of allylic oxidation sites excluding steroid dienone is 1. The summed E-state index contributed by atoms with van der Waals surface area (Å²) in [4.78, 5) is 24.3. The lowest BCUT2D eigenvalue weighted by Crippen LogP contribution is -2.26. The zero-order chi connectivity index (χ0) is 22.2. The van der Waals surface area contributed by atoms with Crippen molar-refractivity contribution >= 4 is 22.8 Å². The van der Waals surface area contributed by atoms with Crippen molar-refractivity contribution in [2.45, 2.75) is 24.8 Å². The minimum absolute atomic E-state index is 0.0237. The first-order chi connectivity index (χ1) is 15.5. The van der Waals surface area contributed by atoms with Crippen molar-refractivity contribution in [2.75, 3.05) is 10.6 Å². The van der Waals surface area contributed by atoms with Crippen LogP contribution in [0.25, 0.3) is 0 Å². The molecule has 2 aliphatic rings. The molecule has 32 heavy (non-hydrogen) atoms. The summed E-state index contributed by atoms with van der Waals surface area (Å²) >= 11 is 0. The van der Waals surface area contributed by atoms with E-state index < -0.39 is 11.0 Å². The number of carbonyl (C=O) groups excluding carboxylic acids is 1. The van der Waals surface area contributed by atoms with Crippen LogP contribution in [0.1, 0.15) is 35.9 Å². The quantitative estimate of drug-likeness (QED) is 0.411. The summed E-state index contributed by atoms with van der Waals surface area (Å²) in [6.07, 6.45) is 0.865. The topological polar surface area (TPSA) is 84.3 Å². The molecule has 2 N–H and O–H groups in total. The summed E-state index contributed by atoms with van der Waals surface area (Å²) in [6, 6.07) is 19.8. The molecule has 2 unspecified atom stereocenters. The molecule has 6 nitrogen and oxygen atoms in total. The first kappa shape index (κ1) is 19.9. The van der Waals surface area contributed by atoms with Gasteiger partial charge in [-0.2, -0.15) is 0 Å².